The quantitative estimate of drug-likeness (QED) is 0.178. The molecular formula is C57H33N5O. The molecule has 0 atom stereocenters. The number of nitrogens with zero attached hydrogens (tertiary/aromatic N) is 5. The van der Waals surface area contributed by atoms with E-state index in [0.717, 1.165) is 93.1 Å². The number of fused-ring (bicyclic) bond motifs is 13. The molecule has 14 rings (SSSR count). The van der Waals surface area contributed by atoms with Crippen LogP contribution in [0.4, 0.5) is 0 Å². The smallest absolute Gasteiger partial charge is 0.238 e. The molecule has 0 radical (unpaired) electrons. The summed E-state index contributed by atoms with van der Waals surface area (Å²) in [6.45, 7) is 0. The molecule has 0 N–H and O–H groups in total. The van der Waals surface area contributed by atoms with Crippen LogP contribution >= 0.6 is 0 Å². The van der Waals surface area contributed by atoms with Gasteiger partial charge < -0.3 is 8.98 Å². The van der Waals surface area contributed by atoms with Gasteiger partial charge in [0.25, 0.3) is 0 Å². The molecule has 63 heavy (non-hydrogen) atoms. The summed E-state index contributed by atoms with van der Waals surface area (Å²) in [7, 11) is 0. The Morgan fingerprint density at radius 2 is 0.905 bits per heavy atom. The average Bonchev–Trinajstić information content (AvgIpc) is 4.00. The molecule has 0 aliphatic heterocycles. The molecule has 4 aromatic heterocycles. The van der Waals surface area contributed by atoms with Crippen LogP contribution in [0.25, 0.3) is 132 Å². The van der Waals surface area contributed by atoms with Gasteiger partial charge in [-0.15, -0.1) is 0 Å². The van der Waals surface area contributed by atoms with E-state index in [2.05, 4.69) is 209 Å². The Kier molecular flexibility index (Phi) is 7.02. The molecule has 0 aliphatic rings. The lowest BCUT2D eigenvalue weighted by Gasteiger charge is -2.14. The Bertz CT molecular complexity index is 4180. The Labute approximate surface area is 359 Å². The van der Waals surface area contributed by atoms with E-state index in [9.17, 15) is 0 Å². The topological polar surface area (TPSA) is 61.7 Å². The summed E-state index contributed by atoms with van der Waals surface area (Å²) in [6, 6.07) is 70.9. The molecule has 0 unspecified atom stereocenters. The molecule has 0 bridgehead atoms. The average molecular weight is 804 g/mol. The van der Waals surface area contributed by atoms with Crippen LogP contribution in [0.5, 0.6) is 0 Å². The van der Waals surface area contributed by atoms with Gasteiger partial charge in [-0.3, -0.25) is 4.57 Å². The van der Waals surface area contributed by atoms with E-state index in [1.54, 1.807) is 0 Å². The van der Waals surface area contributed by atoms with Crippen molar-refractivity contribution in [1.29, 1.82) is 0 Å². The standard InChI is InChI=1S/C57H33N5O/c1-2-15-36-29-39(26-25-34(36)13-1)55-58-56(60-57(59-55)62-49-23-11-7-19-42(49)43-20-8-12-24-50(43)62)47-32-40(33-52-53(47)45-28-27-35-14-5-6-18-41(35)54(45)63-52)61-48-22-10-9-21-44(48)46-30-37-16-3-4-17-38(37)31-51(46)61/h1-33H. The number of benzene rings is 10. The van der Waals surface area contributed by atoms with Gasteiger partial charge in [0.05, 0.1) is 27.8 Å². The van der Waals surface area contributed by atoms with Crippen LogP contribution in [0.3, 0.4) is 0 Å². The zero-order chi connectivity index (χ0) is 41.2. The van der Waals surface area contributed by atoms with Crippen molar-refractivity contribution in [1.82, 2.24) is 24.1 Å². The molecule has 0 amide bonds. The summed E-state index contributed by atoms with van der Waals surface area (Å²) >= 11 is 0. The number of rotatable bonds is 4. The van der Waals surface area contributed by atoms with E-state index in [1.165, 1.54) is 21.5 Å². The van der Waals surface area contributed by atoms with Crippen LogP contribution in [0, 0.1) is 0 Å². The first-order valence-electron chi connectivity index (χ1n) is 21.3. The highest BCUT2D eigenvalue weighted by atomic mass is 16.3. The third-order valence-electron chi connectivity index (χ3n) is 12.9. The highest BCUT2D eigenvalue weighted by molar-refractivity contribution is 6.20. The van der Waals surface area contributed by atoms with Crippen molar-refractivity contribution in [2.75, 3.05) is 0 Å². The van der Waals surface area contributed by atoms with E-state index < -0.39 is 0 Å². The molecule has 14 aromatic rings. The highest BCUT2D eigenvalue weighted by Crippen LogP contribution is 2.43. The van der Waals surface area contributed by atoms with E-state index in [-0.39, 0.29) is 0 Å². The molecule has 0 fully saturated rings. The zero-order valence-electron chi connectivity index (χ0n) is 33.7. The molecule has 0 saturated heterocycles. The van der Waals surface area contributed by atoms with Crippen molar-refractivity contribution < 1.29 is 4.42 Å². The predicted molar refractivity (Wildman–Crippen MR) is 259 cm³/mol. The summed E-state index contributed by atoms with van der Waals surface area (Å²) < 4.78 is 11.6. The van der Waals surface area contributed by atoms with E-state index in [1.807, 2.05) is 0 Å². The Hall–Kier alpha value is -8.61. The van der Waals surface area contributed by atoms with Gasteiger partial charge in [0.15, 0.2) is 11.6 Å². The molecule has 6 nitrogen and oxygen atoms in total. The lowest BCUT2D eigenvalue weighted by molar-refractivity contribution is 0.672. The molecule has 10 aromatic carbocycles. The minimum absolute atomic E-state index is 0.542. The van der Waals surface area contributed by atoms with Gasteiger partial charge in [0.1, 0.15) is 11.2 Å². The maximum atomic E-state index is 7.05. The molecule has 0 saturated carbocycles. The van der Waals surface area contributed by atoms with E-state index >= 15 is 0 Å². The normalized spacial score (nSPS) is 12.1. The summed E-state index contributed by atoms with van der Waals surface area (Å²) in [4.78, 5) is 16.3. The van der Waals surface area contributed by atoms with E-state index in [4.69, 9.17) is 19.4 Å². The van der Waals surface area contributed by atoms with Crippen molar-refractivity contribution in [3.63, 3.8) is 0 Å². The van der Waals surface area contributed by atoms with Crippen LogP contribution in [0.15, 0.2) is 205 Å². The van der Waals surface area contributed by atoms with Crippen molar-refractivity contribution in [3.8, 4) is 34.4 Å². The highest BCUT2D eigenvalue weighted by Gasteiger charge is 2.24. The van der Waals surface area contributed by atoms with Gasteiger partial charge in [0.2, 0.25) is 5.95 Å². The molecule has 6 heteroatoms. The predicted octanol–water partition coefficient (Wildman–Crippen LogP) is 14.8. The van der Waals surface area contributed by atoms with Gasteiger partial charge in [-0.1, -0.05) is 146 Å². The lowest BCUT2D eigenvalue weighted by Crippen LogP contribution is -2.07. The zero-order valence-corrected chi connectivity index (χ0v) is 33.7. The first-order valence-corrected chi connectivity index (χ1v) is 21.3. The van der Waals surface area contributed by atoms with Gasteiger partial charge >= 0.3 is 0 Å². The fourth-order valence-electron chi connectivity index (χ4n) is 10.0. The first-order chi connectivity index (χ1) is 31.2. The fraction of sp³-hybridized carbons (Fsp3) is 0. The number of aromatic nitrogens is 5. The lowest BCUT2D eigenvalue weighted by atomic mass is 10.0. The van der Waals surface area contributed by atoms with Crippen LogP contribution in [0.1, 0.15) is 0 Å². The summed E-state index contributed by atoms with van der Waals surface area (Å²) in [5.74, 6) is 1.68. The number of para-hydroxylation sites is 3. The molecule has 292 valence electrons. The maximum absolute atomic E-state index is 7.05. The summed E-state index contributed by atoms with van der Waals surface area (Å²) in [5, 5.41) is 13.4. The van der Waals surface area contributed by atoms with Crippen LogP contribution in [0.2, 0.25) is 0 Å². The van der Waals surface area contributed by atoms with Gasteiger partial charge in [-0.25, -0.2) is 4.98 Å². The Morgan fingerprint density at radius 3 is 1.63 bits per heavy atom. The van der Waals surface area contributed by atoms with Crippen molar-refractivity contribution in [2.24, 2.45) is 0 Å². The second kappa shape index (κ2) is 12.9. The van der Waals surface area contributed by atoms with Gasteiger partial charge in [0, 0.05) is 54.9 Å². The third kappa shape index (κ3) is 5.03. The second-order valence-corrected chi connectivity index (χ2v) is 16.4. The van der Waals surface area contributed by atoms with Crippen molar-refractivity contribution >= 4 is 97.9 Å². The van der Waals surface area contributed by atoms with E-state index in [0.29, 0.717) is 17.6 Å². The van der Waals surface area contributed by atoms with Crippen molar-refractivity contribution in [3.05, 3.63) is 200 Å². The second-order valence-electron chi connectivity index (χ2n) is 16.4. The molecule has 0 spiro atoms. The summed E-state index contributed by atoms with van der Waals surface area (Å²) in [6.07, 6.45) is 0. The van der Waals surface area contributed by atoms with Gasteiger partial charge in [-0.2, -0.15) is 9.97 Å². The first kappa shape index (κ1) is 34.1. The van der Waals surface area contributed by atoms with Crippen LogP contribution in [-0.2, 0) is 0 Å². The largest absolute Gasteiger partial charge is 0.455 e. The number of hydrogen-bond donors (Lipinski definition) is 0. The van der Waals surface area contributed by atoms with Gasteiger partial charge in [-0.05, 0) is 75.5 Å². The number of furan rings is 1. The Morgan fingerprint density at radius 1 is 0.349 bits per heavy atom. The SMILES string of the molecule is c1ccc2cc(-c3nc(-c4cc(-n5c6ccccc6c6cc7ccccc7cc65)cc5oc6c7ccccc7ccc6c45)nc(-n4c5ccccc5c5ccccc54)n3)ccc2c1. The maximum Gasteiger partial charge on any atom is 0.238 e. The molecule has 4 heterocycles. The third-order valence-corrected chi connectivity index (χ3v) is 12.9. The van der Waals surface area contributed by atoms with Crippen LogP contribution < -0.4 is 0 Å². The summed E-state index contributed by atoms with van der Waals surface area (Å²) in [5.41, 5.74) is 8.57. The fourth-order valence-corrected chi connectivity index (χ4v) is 10.0. The Balaban J connectivity index is 1.13. The molecule has 0 aliphatic carbocycles. The minimum Gasteiger partial charge on any atom is -0.455 e. The minimum atomic E-state index is 0.542. The number of hydrogen-bond acceptors (Lipinski definition) is 4. The van der Waals surface area contributed by atoms with Crippen molar-refractivity contribution in [2.45, 2.75) is 0 Å². The van der Waals surface area contributed by atoms with Crippen LogP contribution in [-0.4, -0.2) is 24.1 Å². The monoisotopic (exact) mass is 803 g/mol. The molecular weight excluding hydrogens is 771 g/mol.